The highest BCUT2D eigenvalue weighted by Crippen LogP contribution is 2.26. The summed E-state index contributed by atoms with van der Waals surface area (Å²) in [6.45, 7) is 3.36. The summed E-state index contributed by atoms with van der Waals surface area (Å²) in [6, 6.07) is 5.88. The van der Waals surface area contributed by atoms with Crippen LogP contribution >= 0.6 is 0 Å². The molecule has 1 unspecified atom stereocenters. The summed E-state index contributed by atoms with van der Waals surface area (Å²) in [5.74, 6) is -3.29. The van der Waals surface area contributed by atoms with Crippen molar-refractivity contribution in [3.05, 3.63) is 35.9 Å². The van der Waals surface area contributed by atoms with Crippen molar-refractivity contribution in [3.63, 3.8) is 0 Å². The van der Waals surface area contributed by atoms with Gasteiger partial charge in [-0.1, -0.05) is 30.3 Å². The standard InChI is InChI=1S/C18H22F3N3O3/c1-11(2)22-16(26)14(12-7-4-3-5-8-12)23-15(25)13-9-6-10-24(13)17(27)18(19,20)21/h3-5,7-8,11,13-14H,6,9-10H2,1-2H3,(H,22,26)(H,23,25)/t13?,14-/m0/s1. The second-order valence-electron chi connectivity index (χ2n) is 6.67. The summed E-state index contributed by atoms with van der Waals surface area (Å²) < 4.78 is 38.2. The average molecular weight is 385 g/mol. The number of rotatable bonds is 5. The molecule has 9 heteroatoms. The Morgan fingerprint density at radius 2 is 1.74 bits per heavy atom. The quantitative estimate of drug-likeness (QED) is 0.813. The Morgan fingerprint density at radius 1 is 1.11 bits per heavy atom. The topological polar surface area (TPSA) is 78.5 Å². The van der Waals surface area contributed by atoms with Gasteiger partial charge in [-0.15, -0.1) is 0 Å². The van der Waals surface area contributed by atoms with Gasteiger partial charge in [0.2, 0.25) is 11.8 Å². The van der Waals surface area contributed by atoms with E-state index in [-0.39, 0.29) is 25.4 Å². The first-order chi connectivity index (χ1) is 12.6. The Hall–Kier alpha value is -2.58. The fourth-order valence-electron chi connectivity index (χ4n) is 3.00. The van der Waals surface area contributed by atoms with Gasteiger partial charge in [0.25, 0.3) is 0 Å². The number of hydrogen-bond donors (Lipinski definition) is 2. The molecule has 0 saturated carbocycles. The molecule has 0 aliphatic carbocycles. The fraction of sp³-hybridized carbons (Fsp3) is 0.500. The third kappa shape index (κ3) is 5.21. The average Bonchev–Trinajstić information content (AvgIpc) is 3.07. The van der Waals surface area contributed by atoms with Crippen molar-refractivity contribution >= 4 is 17.7 Å². The zero-order valence-electron chi connectivity index (χ0n) is 15.0. The van der Waals surface area contributed by atoms with Crippen LogP contribution in [0.15, 0.2) is 30.3 Å². The van der Waals surface area contributed by atoms with E-state index in [1.165, 1.54) is 0 Å². The summed E-state index contributed by atoms with van der Waals surface area (Å²) in [5, 5.41) is 5.19. The van der Waals surface area contributed by atoms with E-state index in [1.807, 2.05) is 0 Å². The van der Waals surface area contributed by atoms with E-state index in [4.69, 9.17) is 0 Å². The van der Waals surface area contributed by atoms with Gasteiger partial charge >= 0.3 is 12.1 Å². The smallest absolute Gasteiger partial charge is 0.352 e. The molecule has 1 saturated heterocycles. The molecule has 27 heavy (non-hydrogen) atoms. The van der Waals surface area contributed by atoms with Crippen molar-refractivity contribution < 1.29 is 27.6 Å². The van der Waals surface area contributed by atoms with Gasteiger partial charge in [-0.3, -0.25) is 14.4 Å². The van der Waals surface area contributed by atoms with Crippen LogP contribution in [0.1, 0.15) is 38.3 Å². The third-order valence-corrected chi connectivity index (χ3v) is 4.17. The summed E-state index contributed by atoms with van der Waals surface area (Å²) in [6.07, 6.45) is -4.65. The van der Waals surface area contributed by atoms with Crippen LogP contribution < -0.4 is 10.6 Å². The van der Waals surface area contributed by atoms with E-state index < -0.39 is 36.0 Å². The number of nitrogens with zero attached hydrogens (tertiary/aromatic N) is 1. The van der Waals surface area contributed by atoms with Gasteiger partial charge in [-0.05, 0) is 32.3 Å². The number of halogens is 3. The minimum atomic E-state index is -5.04. The maximum Gasteiger partial charge on any atom is 0.471 e. The molecule has 3 amide bonds. The first-order valence-corrected chi connectivity index (χ1v) is 8.64. The Labute approximate surface area is 155 Å². The van der Waals surface area contributed by atoms with Crippen LogP contribution in [0.25, 0.3) is 0 Å². The zero-order chi connectivity index (χ0) is 20.2. The lowest BCUT2D eigenvalue weighted by Crippen LogP contribution is -2.52. The second-order valence-corrected chi connectivity index (χ2v) is 6.67. The maximum atomic E-state index is 12.7. The molecule has 0 spiro atoms. The number of alkyl halides is 3. The van der Waals surface area contributed by atoms with Gasteiger partial charge in [-0.2, -0.15) is 13.2 Å². The van der Waals surface area contributed by atoms with Crippen LogP contribution in [0.2, 0.25) is 0 Å². The minimum absolute atomic E-state index is 0.112. The Kier molecular flexibility index (Phi) is 6.45. The van der Waals surface area contributed by atoms with Gasteiger partial charge < -0.3 is 15.5 Å². The molecular formula is C18H22F3N3O3. The first kappa shape index (κ1) is 20.7. The number of carbonyl (C=O) groups excluding carboxylic acids is 3. The molecular weight excluding hydrogens is 363 g/mol. The Bertz CT molecular complexity index is 692. The monoisotopic (exact) mass is 385 g/mol. The van der Waals surface area contributed by atoms with Crippen LogP contribution in [0.5, 0.6) is 0 Å². The number of benzene rings is 1. The summed E-state index contributed by atoms with van der Waals surface area (Å²) in [5.41, 5.74) is 0.496. The van der Waals surface area contributed by atoms with E-state index >= 15 is 0 Å². The molecule has 0 bridgehead atoms. The van der Waals surface area contributed by atoms with Crippen LogP contribution in [0.3, 0.4) is 0 Å². The van der Waals surface area contributed by atoms with Crippen molar-refractivity contribution in [2.24, 2.45) is 0 Å². The lowest BCUT2D eigenvalue weighted by Gasteiger charge is -2.27. The SMILES string of the molecule is CC(C)NC(=O)[C@@H](NC(=O)C1CCCN1C(=O)C(F)(F)F)c1ccccc1. The molecule has 1 aromatic rings. The first-order valence-electron chi connectivity index (χ1n) is 8.64. The molecule has 1 aliphatic heterocycles. The number of amides is 3. The highest BCUT2D eigenvalue weighted by Gasteiger charge is 2.48. The molecule has 2 rings (SSSR count). The van der Waals surface area contributed by atoms with Crippen molar-refractivity contribution in [2.75, 3.05) is 6.54 Å². The van der Waals surface area contributed by atoms with Crippen molar-refractivity contribution in [1.29, 1.82) is 0 Å². The fourth-order valence-corrected chi connectivity index (χ4v) is 3.00. The molecule has 2 N–H and O–H groups in total. The van der Waals surface area contributed by atoms with E-state index in [0.717, 1.165) is 0 Å². The normalized spacial score (nSPS) is 18.3. The molecule has 0 aromatic heterocycles. The Balaban J connectivity index is 2.20. The molecule has 0 radical (unpaired) electrons. The number of likely N-dealkylation sites (tertiary alicyclic amines) is 1. The number of carbonyl (C=O) groups is 3. The number of nitrogens with one attached hydrogen (secondary N) is 2. The molecule has 1 aromatic carbocycles. The van der Waals surface area contributed by atoms with E-state index in [2.05, 4.69) is 10.6 Å². The van der Waals surface area contributed by atoms with E-state index in [1.54, 1.807) is 44.2 Å². The molecule has 2 atom stereocenters. The summed E-state index contributed by atoms with van der Waals surface area (Å²) in [7, 11) is 0. The van der Waals surface area contributed by atoms with Gasteiger partial charge in [0.15, 0.2) is 0 Å². The molecule has 1 aliphatic rings. The predicted molar refractivity (Wildman–Crippen MR) is 91.4 cm³/mol. The van der Waals surface area contributed by atoms with E-state index in [9.17, 15) is 27.6 Å². The lowest BCUT2D eigenvalue weighted by atomic mass is 10.0. The van der Waals surface area contributed by atoms with Gasteiger partial charge in [0.1, 0.15) is 12.1 Å². The molecule has 1 heterocycles. The van der Waals surface area contributed by atoms with Crippen LogP contribution in [0.4, 0.5) is 13.2 Å². The van der Waals surface area contributed by atoms with Gasteiger partial charge in [0.05, 0.1) is 0 Å². The zero-order valence-corrected chi connectivity index (χ0v) is 15.0. The number of hydrogen-bond acceptors (Lipinski definition) is 3. The van der Waals surface area contributed by atoms with Gasteiger partial charge in [0, 0.05) is 12.6 Å². The molecule has 6 nitrogen and oxygen atoms in total. The van der Waals surface area contributed by atoms with E-state index in [0.29, 0.717) is 10.5 Å². The highest BCUT2D eigenvalue weighted by molar-refractivity contribution is 5.94. The third-order valence-electron chi connectivity index (χ3n) is 4.17. The molecule has 148 valence electrons. The highest BCUT2D eigenvalue weighted by atomic mass is 19.4. The van der Waals surface area contributed by atoms with Crippen molar-refractivity contribution in [2.45, 2.75) is 51.0 Å². The summed E-state index contributed by atoms with van der Waals surface area (Å²) >= 11 is 0. The van der Waals surface area contributed by atoms with Gasteiger partial charge in [-0.25, -0.2) is 0 Å². The van der Waals surface area contributed by atoms with Crippen LogP contribution in [0, 0.1) is 0 Å². The predicted octanol–water partition coefficient (Wildman–Crippen LogP) is 1.92. The second kappa shape index (κ2) is 8.41. The summed E-state index contributed by atoms with van der Waals surface area (Å²) in [4.78, 5) is 37.2. The van der Waals surface area contributed by atoms with Crippen molar-refractivity contribution in [3.8, 4) is 0 Å². The molecule has 1 fully saturated rings. The lowest BCUT2D eigenvalue weighted by molar-refractivity contribution is -0.186. The van der Waals surface area contributed by atoms with Crippen LogP contribution in [-0.4, -0.2) is 47.4 Å². The minimum Gasteiger partial charge on any atom is -0.352 e. The Morgan fingerprint density at radius 3 is 2.30 bits per heavy atom. The van der Waals surface area contributed by atoms with Crippen LogP contribution in [-0.2, 0) is 14.4 Å². The largest absolute Gasteiger partial charge is 0.471 e. The van der Waals surface area contributed by atoms with Crippen molar-refractivity contribution in [1.82, 2.24) is 15.5 Å². The maximum absolute atomic E-state index is 12.7.